The van der Waals surface area contributed by atoms with Crippen LogP contribution in [0.2, 0.25) is 0 Å². The molecule has 9 heteroatoms. The number of nitrogens with one attached hydrogen (secondary N) is 1. The van der Waals surface area contributed by atoms with Gasteiger partial charge in [0.05, 0.1) is 17.5 Å². The lowest BCUT2D eigenvalue weighted by Crippen LogP contribution is -2.24. The van der Waals surface area contributed by atoms with Crippen LogP contribution in [-0.4, -0.2) is 28.2 Å². The van der Waals surface area contributed by atoms with Crippen LogP contribution in [0.1, 0.15) is 11.1 Å². The summed E-state index contributed by atoms with van der Waals surface area (Å²) in [5.41, 5.74) is 3.31. The van der Waals surface area contributed by atoms with E-state index in [0.29, 0.717) is 21.9 Å². The highest BCUT2D eigenvalue weighted by Gasteiger charge is 2.13. The molecule has 0 saturated heterocycles. The number of hydrogen-bond donors (Lipinski definition) is 1. The Morgan fingerprint density at radius 2 is 1.79 bits per heavy atom. The SMILES string of the molecule is Cn1cc(-c2cnc3ccc4ccc(CS(=O)(=O)NCc5cccnc5)cc4c(=O)c3c2)cn1. The molecule has 8 nitrogen and oxygen atoms in total. The first kappa shape index (κ1) is 21.9. The maximum atomic E-state index is 13.5. The molecule has 0 amide bonds. The van der Waals surface area contributed by atoms with E-state index < -0.39 is 10.0 Å². The number of aryl methyl sites for hydroxylation is 1. The fourth-order valence-electron chi connectivity index (χ4n) is 3.83. The third-order valence-electron chi connectivity index (χ3n) is 5.56. The van der Waals surface area contributed by atoms with Gasteiger partial charge in [0.2, 0.25) is 10.0 Å². The molecule has 0 radical (unpaired) electrons. The Labute approximate surface area is 196 Å². The van der Waals surface area contributed by atoms with Crippen molar-refractivity contribution >= 4 is 31.7 Å². The van der Waals surface area contributed by atoms with Gasteiger partial charge < -0.3 is 0 Å². The van der Waals surface area contributed by atoms with Gasteiger partial charge in [-0.3, -0.25) is 19.4 Å². The molecule has 5 aromatic rings. The molecule has 170 valence electrons. The third kappa shape index (κ3) is 4.57. The summed E-state index contributed by atoms with van der Waals surface area (Å²) in [7, 11) is -1.79. The minimum atomic E-state index is -3.62. The van der Waals surface area contributed by atoms with E-state index in [1.54, 1.807) is 71.9 Å². The van der Waals surface area contributed by atoms with Crippen LogP contribution in [-0.2, 0) is 29.4 Å². The minimum absolute atomic E-state index is 0.152. The smallest absolute Gasteiger partial charge is 0.216 e. The Morgan fingerprint density at radius 3 is 2.56 bits per heavy atom. The Morgan fingerprint density at radius 1 is 0.941 bits per heavy atom. The van der Waals surface area contributed by atoms with Crippen molar-refractivity contribution in [1.29, 1.82) is 0 Å². The molecule has 0 aliphatic carbocycles. The molecule has 0 fully saturated rings. The first-order chi connectivity index (χ1) is 16.4. The molecular weight excluding hydrogens is 450 g/mol. The monoisotopic (exact) mass is 471 g/mol. The second kappa shape index (κ2) is 8.77. The van der Waals surface area contributed by atoms with Crippen molar-refractivity contribution in [2.24, 2.45) is 7.05 Å². The molecule has 0 aliphatic heterocycles. The Hall–Kier alpha value is -3.95. The summed E-state index contributed by atoms with van der Waals surface area (Å²) >= 11 is 0. The molecule has 0 aliphatic rings. The topological polar surface area (TPSA) is 107 Å². The van der Waals surface area contributed by atoms with Crippen molar-refractivity contribution < 1.29 is 8.42 Å². The van der Waals surface area contributed by atoms with Crippen molar-refractivity contribution in [3.63, 3.8) is 0 Å². The van der Waals surface area contributed by atoms with Crippen molar-refractivity contribution in [2.45, 2.75) is 12.3 Å². The number of sulfonamides is 1. The van der Waals surface area contributed by atoms with Gasteiger partial charge in [-0.25, -0.2) is 13.1 Å². The van der Waals surface area contributed by atoms with E-state index >= 15 is 0 Å². The third-order valence-corrected chi connectivity index (χ3v) is 6.86. The van der Waals surface area contributed by atoms with Crippen LogP contribution in [0.15, 0.2) is 84.3 Å². The lowest BCUT2D eigenvalue weighted by Gasteiger charge is -2.07. The molecule has 34 heavy (non-hydrogen) atoms. The van der Waals surface area contributed by atoms with Crippen LogP contribution < -0.4 is 10.2 Å². The van der Waals surface area contributed by atoms with Gasteiger partial charge in [0.15, 0.2) is 5.43 Å². The highest BCUT2D eigenvalue weighted by Crippen LogP contribution is 2.22. The van der Waals surface area contributed by atoms with E-state index in [1.165, 1.54) is 0 Å². The van der Waals surface area contributed by atoms with Crippen molar-refractivity contribution in [3.8, 4) is 11.1 Å². The first-order valence-electron chi connectivity index (χ1n) is 10.6. The largest absolute Gasteiger partial charge is 0.289 e. The molecule has 1 N–H and O–H groups in total. The molecular formula is C25H21N5O3S. The lowest BCUT2D eigenvalue weighted by molar-refractivity contribution is 0.580. The Bertz CT molecular complexity index is 1680. The number of hydrogen-bond acceptors (Lipinski definition) is 6. The van der Waals surface area contributed by atoms with Crippen LogP contribution in [0.4, 0.5) is 0 Å². The highest BCUT2D eigenvalue weighted by molar-refractivity contribution is 7.88. The van der Waals surface area contributed by atoms with E-state index in [2.05, 4.69) is 19.8 Å². The second-order valence-corrected chi connectivity index (χ2v) is 9.89. The van der Waals surface area contributed by atoms with Crippen LogP contribution in [0.5, 0.6) is 0 Å². The zero-order valence-electron chi connectivity index (χ0n) is 18.3. The maximum absolute atomic E-state index is 13.5. The first-order valence-corrected chi connectivity index (χ1v) is 12.2. The van der Waals surface area contributed by atoms with Crippen molar-refractivity contribution in [1.82, 2.24) is 24.5 Å². The molecule has 0 atom stereocenters. The zero-order chi connectivity index (χ0) is 23.7. The quantitative estimate of drug-likeness (QED) is 0.408. The average Bonchev–Trinajstić information content (AvgIpc) is 3.22. The zero-order valence-corrected chi connectivity index (χ0v) is 19.2. The molecule has 2 aromatic carbocycles. The predicted molar refractivity (Wildman–Crippen MR) is 131 cm³/mol. The van der Waals surface area contributed by atoms with Gasteiger partial charge >= 0.3 is 0 Å². The van der Waals surface area contributed by atoms with Crippen LogP contribution in [0, 0.1) is 0 Å². The van der Waals surface area contributed by atoms with Crippen LogP contribution in [0.3, 0.4) is 0 Å². The van der Waals surface area contributed by atoms with Gasteiger partial charge in [0.25, 0.3) is 0 Å². The number of aromatic nitrogens is 4. The normalized spacial score (nSPS) is 11.8. The van der Waals surface area contributed by atoms with E-state index in [4.69, 9.17) is 0 Å². The maximum Gasteiger partial charge on any atom is 0.216 e. The fraction of sp³-hybridized carbons (Fsp3) is 0.120. The fourth-order valence-corrected chi connectivity index (χ4v) is 4.94. The summed E-state index contributed by atoms with van der Waals surface area (Å²) < 4.78 is 29.6. The number of pyridine rings is 2. The molecule has 0 unspecified atom stereocenters. The van der Waals surface area contributed by atoms with Gasteiger partial charge in [0.1, 0.15) is 0 Å². The number of benzene rings is 1. The molecule has 0 bridgehead atoms. The van der Waals surface area contributed by atoms with Gasteiger partial charge in [0, 0.05) is 60.3 Å². The summed E-state index contributed by atoms with van der Waals surface area (Å²) in [6, 6.07) is 14.1. The number of rotatable bonds is 6. The standard InChI is InChI=1S/C25H21N5O3S/c1-30-15-21(14-28-30)20-10-23-24(27-13-20)7-6-19-5-4-17(9-22(19)25(23)31)16-34(32,33)29-12-18-3-2-8-26-11-18/h2-11,13-15,29H,12,16H2,1H3. The van der Waals surface area contributed by atoms with Gasteiger partial charge in [-0.2, -0.15) is 5.10 Å². The molecule has 3 aromatic heterocycles. The number of fused-ring (bicyclic) bond motifs is 2. The van der Waals surface area contributed by atoms with E-state index in [9.17, 15) is 13.2 Å². The summed E-state index contributed by atoms with van der Waals surface area (Å²) in [5.74, 6) is -0.238. The summed E-state index contributed by atoms with van der Waals surface area (Å²) in [6.45, 7) is 0.152. The van der Waals surface area contributed by atoms with E-state index in [0.717, 1.165) is 22.1 Å². The van der Waals surface area contributed by atoms with Gasteiger partial charge in [-0.05, 0) is 40.8 Å². The van der Waals surface area contributed by atoms with Gasteiger partial charge in [-0.1, -0.05) is 24.3 Å². The van der Waals surface area contributed by atoms with Crippen LogP contribution >= 0.6 is 0 Å². The molecule has 3 heterocycles. The lowest BCUT2D eigenvalue weighted by atomic mass is 10.1. The highest BCUT2D eigenvalue weighted by atomic mass is 32.2. The number of nitrogens with zero attached hydrogens (tertiary/aromatic N) is 4. The van der Waals surface area contributed by atoms with E-state index in [-0.39, 0.29) is 17.7 Å². The Balaban J connectivity index is 1.51. The minimum Gasteiger partial charge on any atom is -0.289 e. The van der Waals surface area contributed by atoms with Gasteiger partial charge in [-0.15, -0.1) is 0 Å². The van der Waals surface area contributed by atoms with Crippen molar-refractivity contribution in [2.75, 3.05) is 0 Å². The molecule has 0 spiro atoms. The second-order valence-electron chi connectivity index (χ2n) is 8.09. The summed E-state index contributed by atoms with van der Waals surface area (Å²) in [5, 5.41) is 5.81. The average molecular weight is 472 g/mol. The molecule has 5 rings (SSSR count). The Kier molecular flexibility index (Phi) is 5.64. The van der Waals surface area contributed by atoms with E-state index in [1.807, 2.05) is 19.3 Å². The summed E-state index contributed by atoms with van der Waals surface area (Å²) in [4.78, 5) is 21.9. The molecule has 0 saturated carbocycles. The predicted octanol–water partition coefficient (Wildman–Crippen LogP) is 3.16. The van der Waals surface area contributed by atoms with Crippen molar-refractivity contribution in [3.05, 3.63) is 101 Å². The van der Waals surface area contributed by atoms with Crippen LogP contribution in [0.25, 0.3) is 32.8 Å². The summed E-state index contributed by atoms with van der Waals surface area (Å²) in [6.07, 6.45) is 8.54.